The van der Waals surface area contributed by atoms with E-state index >= 15 is 0 Å². The number of hydrogen-bond acceptors (Lipinski definition) is 3. The van der Waals surface area contributed by atoms with Crippen molar-refractivity contribution in [2.45, 2.75) is 32.6 Å². The molecule has 0 atom stereocenters. The molecule has 0 fully saturated rings. The first-order valence-electron chi connectivity index (χ1n) is 8.61. The zero-order chi connectivity index (χ0) is 16.8. The lowest BCUT2D eigenvalue weighted by Crippen LogP contribution is -1.96. The Morgan fingerprint density at radius 3 is 2.42 bits per heavy atom. The van der Waals surface area contributed by atoms with Gasteiger partial charge in [-0.25, -0.2) is 0 Å². The number of rotatable bonds is 8. The maximum atomic E-state index is 5.99. The smallest absolute Gasteiger partial charge is 0.138 e. The molecule has 126 valence electrons. The van der Waals surface area contributed by atoms with Gasteiger partial charge in [0.05, 0.1) is 13.7 Å². The standard InChI is InChI=1S/C21H24O3/c1-3-4-5-6-13-23-19-12-9-17-14-20(24-21(17)15-19)16-7-10-18(22-2)11-8-16/h7-12,14-15H,3-6,13H2,1-2H3. The summed E-state index contributed by atoms with van der Waals surface area (Å²) >= 11 is 0. The first kappa shape index (κ1) is 16.4. The Morgan fingerprint density at radius 2 is 1.67 bits per heavy atom. The van der Waals surface area contributed by atoms with Gasteiger partial charge in [0.25, 0.3) is 0 Å². The minimum Gasteiger partial charge on any atom is -0.497 e. The summed E-state index contributed by atoms with van der Waals surface area (Å²) in [4.78, 5) is 0. The van der Waals surface area contributed by atoms with Gasteiger partial charge in [-0.1, -0.05) is 26.2 Å². The van der Waals surface area contributed by atoms with E-state index in [1.807, 2.05) is 42.5 Å². The highest BCUT2D eigenvalue weighted by Crippen LogP contribution is 2.31. The van der Waals surface area contributed by atoms with Crippen LogP contribution < -0.4 is 9.47 Å². The maximum absolute atomic E-state index is 5.99. The van der Waals surface area contributed by atoms with Crippen LogP contribution in [0.2, 0.25) is 0 Å². The van der Waals surface area contributed by atoms with Crippen LogP contribution in [0.1, 0.15) is 32.6 Å². The fourth-order valence-electron chi connectivity index (χ4n) is 2.72. The van der Waals surface area contributed by atoms with Gasteiger partial charge in [0.1, 0.15) is 22.8 Å². The molecule has 0 aliphatic heterocycles. The van der Waals surface area contributed by atoms with E-state index in [1.165, 1.54) is 19.3 Å². The molecule has 0 aliphatic rings. The lowest BCUT2D eigenvalue weighted by molar-refractivity contribution is 0.305. The minimum absolute atomic E-state index is 0.761. The minimum atomic E-state index is 0.761. The molecule has 3 heteroatoms. The highest BCUT2D eigenvalue weighted by Gasteiger charge is 2.08. The van der Waals surface area contributed by atoms with Crippen molar-refractivity contribution in [1.82, 2.24) is 0 Å². The van der Waals surface area contributed by atoms with E-state index in [0.717, 1.165) is 46.8 Å². The molecule has 0 radical (unpaired) electrons. The molecule has 0 aliphatic carbocycles. The highest BCUT2D eigenvalue weighted by molar-refractivity contribution is 5.84. The summed E-state index contributed by atoms with van der Waals surface area (Å²) in [5, 5.41) is 1.08. The fourth-order valence-corrected chi connectivity index (χ4v) is 2.72. The molecule has 0 spiro atoms. The fraction of sp³-hybridized carbons (Fsp3) is 0.333. The number of ether oxygens (including phenoxy) is 2. The Balaban J connectivity index is 1.71. The van der Waals surface area contributed by atoms with Crippen molar-refractivity contribution < 1.29 is 13.9 Å². The second-order valence-electron chi connectivity index (χ2n) is 5.95. The molecule has 0 saturated carbocycles. The molecule has 3 nitrogen and oxygen atoms in total. The average Bonchev–Trinajstić information content (AvgIpc) is 3.05. The molecule has 2 aromatic carbocycles. The largest absolute Gasteiger partial charge is 0.497 e. The second kappa shape index (κ2) is 7.91. The van der Waals surface area contributed by atoms with E-state index in [4.69, 9.17) is 13.9 Å². The third kappa shape index (κ3) is 3.91. The van der Waals surface area contributed by atoms with Crippen molar-refractivity contribution >= 4 is 11.0 Å². The average molecular weight is 324 g/mol. The number of methoxy groups -OCH3 is 1. The van der Waals surface area contributed by atoms with Crippen LogP contribution in [0.5, 0.6) is 11.5 Å². The molecule has 0 N–H and O–H groups in total. The predicted octanol–water partition coefficient (Wildman–Crippen LogP) is 6.07. The number of unbranched alkanes of at least 4 members (excludes halogenated alkanes) is 3. The van der Waals surface area contributed by atoms with Crippen molar-refractivity contribution in [3.8, 4) is 22.8 Å². The van der Waals surface area contributed by atoms with Crippen LogP contribution in [0.25, 0.3) is 22.3 Å². The SMILES string of the molecule is CCCCCCOc1ccc2cc(-c3ccc(OC)cc3)oc2c1. The lowest BCUT2D eigenvalue weighted by Gasteiger charge is -2.05. The van der Waals surface area contributed by atoms with Gasteiger partial charge in [0.2, 0.25) is 0 Å². The summed E-state index contributed by atoms with van der Waals surface area (Å²) in [5.41, 5.74) is 1.89. The molecule has 0 unspecified atom stereocenters. The molecule has 0 amide bonds. The summed E-state index contributed by atoms with van der Waals surface area (Å²) in [5.74, 6) is 2.57. The number of furan rings is 1. The van der Waals surface area contributed by atoms with E-state index < -0.39 is 0 Å². The third-order valence-electron chi connectivity index (χ3n) is 4.13. The number of hydrogen-bond donors (Lipinski definition) is 0. The molecule has 0 bridgehead atoms. The molecule has 0 saturated heterocycles. The highest BCUT2D eigenvalue weighted by atomic mass is 16.5. The molecular formula is C21H24O3. The van der Waals surface area contributed by atoms with Gasteiger partial charge < -0.3 is 13.9 Å². The Hall–Kier alpha value is -2.42. The van der Waals surface area contributed by atoms with E-state index in [0.29, 0.717) is 0 Å². The quantitative estimate of drug-likeness (QED) is 0.471. The van der Waals surface area contributed by atoms with Gasteiger partial charge in [-0.05, 0) is 48.9 Å². The van der Waals surface area contributed by atoms with Crippen LogP contribution in [0, 0.1) is 0 Å². The van der Waals surface area contributed by atoms with Crippen molar-refractivity contribution in [2.75, 3.05) is 13.7 Å². The topological polar surface area (TPSA) is 31.6 Å². The van der Waals surface area contributed by atoms with Crippen LogP contribution in [-0.4, -0.2) is 13.7 Å². The monoisotopic (exact) mass is 324 g/mol. The Bertz CT molecular complexity index is 771. The summed E-state index contributed by atoms with van der Waals surface area (Å²) in [6, 6.07) is 16.0. The zero-order valence-electron chi connectivity index (χ0n) is 14.4. The summed E-state index contributed by atoms with van der Waals surface area (Å²) in [6.07, 6.45) is 4.83. The van der Waals surface area contributed by atoms with Crippen LogP contribution in [-0.2, 0) is 0 Å². The van der Waals surface area contributed by atoms with Crippen LogP contribution in [0.15, 0.2) is 52.9 Å². The molecule has 3 aromatic rings. The Morgan fingerprint density at radius 1 is 0.875 bits per heavy atom. The molecule has 3 rings (SSSR count). The van der Waals surface area contributed by atoms with E-state index in [2.05, 4.69) is 13.0 Å². The van der Waals surface area contributed by atoms with E-state index in [9.17, 15) is 0 Å². The Kier molecular flexibility index (Phi) is 5.42. The van der Waals surface area contributed by atoms with Crippen LogP contribution >= 0.6 is 0 Å². The van der Waals surface area contributed by atoms with Gasteiger partial charge in [0, 0.05) is 17.0 Å². The Labute approximate surface area is 143 Å². The van der Waals surface area contributed by atoms with E-state index in [1.54, 1.807) is 7.11 Å². The molecule has 1 heterocycles. The van der Waals surface area contributed by atoms with Crippen LogP contribution in [0.3, 0.4) is 0 Å². The lowest BCUT2D eigenvalue weighted by atomic mass is 10.1. The van der Waals surface area contributed by atoms with Crippen molar-refractivity contribution in [3.05, 3.63) is 48.5 Å². The molecule has 1 aromatic heterocycles. The van der Waals surface area contributed by atoms with Gasteiger partial charge in [-0.3, -0.25) is 0 Å². The molecule has 24 heavy (non-hydrogen) atoms. The predicted molar refractivity (Wildman–Crippen MR) is 97.8 cm³/mol. The summed E-state index contributed by atoms with van der Waals surface area (Å²) in [6.45, 7) is 2.98. The van der Waals surface area contributed by atoms with Crippen molar-refractivity contribution in [1.29, 1.82) is 0 Å². The maximum Gasteiger partial charge on any atom is 0.138 e. The van der Waals surface area contributed by atoms with Crippen molar-refractivity contribution in [2.24, 2.45) is 0 Å². The normalized spacial score (nSPS) is 10.9. The number of benzene rings is 2. The van der Waals surface area contributed by atoms with Gasteiger partial charge in [-0.15, -0.1) is 0 Å². The van der Waals surface area contributed by atoms with Gasteiger partial charge in [0.15, 0.2) is 0 Å². The van der Waals surface area contributed by atoms with E-state index in [-0.39, 0.29) is 0 Å². The first-order valence-corrected chi connectivity index (χ1v) is 8.61. The molecular weight excluding hydrogens is 300 g/mol. The number of fused-ring (bicyclic) bond motifs is 1. The second-order valence-corrected chi connectivity index (χ2v) is 5.95. The first-order chi connectivity index (χ1) is 11.8. The summed E-state index contributed by atoms with van der Waals surface area (Å²) < 4.78 is 17.0. The third-order valence-corrected chi connectivity index (χ3v) is 4.13. The van der Waals surface area contributed by atoms with Crippen LogP contribution in [0.4, 0.5) is 0 Å². The van der Waals surface area contributed by atoms with Gasteiger partial charge >= 0.3 is 0 Å². The zero-order valence-corrected chi connectivity index (χ0v) is 14.4. The van der Waals surface area contributed by atoms with Gasteiger partial charge in [-0.2, -0.15) is 0 Å². The summed E-state index contributed by atoms with van der Waals surface area (Å²) in [7, 11) is 1.67. The van der Waals surface area contributed by atoms with Crippen molar-refractivity contribution in [3.63, 3.8) is 0 Å².